The lowest BCUT2D eigenvalue weighted by Gasteiger charge is -2.39. The fraction of sp³-hybridized carbons (Fsp3) is 0.182. The van der Waals surface area contributed by atoms with E-state index in [-0.39, 0.29) is 12.1 Å². The maximum atomic E-state index is 5.16. The third kappa shape index (κ3) is 3.19. The first-order valence-corrected chi connectivity index (χ1v) is 8.50. The van der Waals surface area contributed by atoms with Crippen molar-refractivity contribution in [3.63, 3.8) is 0 Å². The van der Waals surface area contributed by atoms with E-state index in [0.717, 1.165) is 13.1 Å². The molecule has 24 heavy (non-hydrogen) atoms. The van der Waals surface area contributed by atoms with Crippen molar-refractivity contribution < 1.29 is 0 Å². The molecule has 0 aromatic heterocycles. The van der Waals surface area contributed by atoms with Gasteiger partial charge in [-0.05, 0) is 23.3 Å². The molecule has 1 fully saturated rings. The van der Waals surface area contributed by atoms with E-state index in [1.54, 1.807) is 0 Å². The Bertz CT molecular complexity index is 642. The first-order chi connectivity index (χ1) is 11.9. The minimum Gasteiger partial charge on any atom is -0.368 e. The predicted octanol–water partition coefficient (Wildman–Crippen LogP) is 4.59. The van der Waals surface area contributed by atoms with Crippen molar-refractivity contribution in [2.24, 2.45) is 0 Å². The van der Waals surface area contributed by atoms with Crippen LogP contribution in [0.4, 0.5) is 5.69 Å². The Hall–Kier alpha value is -2.58. The van der Waals surface area contributed by atoms with Crippen LogP contribution >= 0.6 is 0 Å². The quantitative estimate of drug-likeness (QED) is 0.691. The molecule has 2 heteroatoms. The Morgan fingerprint density at radius 3 is 1.46 bits per heavy atom. The maximum Gasteiger partial charge on any atom is 0.0678 e. The van der Waals surface area contributed by atoms with Gasteiger partial charge >= 0.3 is 0 Å². The number of para-hydroxylation sites is 1. The lowest BCUT2D eigenvalue weighted by atomic mass is 9.97. The van der Waals surface area contributed by atoms with Crippen molar-refractivity contribution in [1.82, 2.24) is 5.32 Å². The molecule has 0 amide bonds. The van der Waals surface area contributed by atoms with Crippen molar-refractivity contribution in [3.8, 4) is 0 Å². The Balaban J connectivity index is 1.66. The second kappa shape index (κ2) is 6.90. The molecule has 2 nitrogen and oxygen atoms in total. The van der Waals surface area contributed by atoms with E-state index in [0.29, 0.717) is 0 Å². The summed E-state index contributed by atoms with van der Waals surface area (Å²) in [5.74, 6) is 0. The largest absolute Gasteiger partial charge is 0.368 e. The first-order valence-electron chi connectivity index (χ1n) is 8.50. The number of nitrogens with zero attached hydrogens (tertiary/aromatic N) is 2. The Morgan fingerprint density at radius 1 is 0.583 bits per heavy atom. The SMILES string of the molecule is c1ccc(C2CN(c3ccccc3)CC(c3ccccc3)[N]2)cc1. The third-order valence-corrected chi connectivity index (χ3v) is 4.64. The molecule has 2 atom stereocenters. The second-order valence-corrected chi connectivity index (χ2v) is 6.24. The molecule has 4 rings (SSSR count). The molecule has 1 radical (unpaired) electrons. The lowest BCUT2D eigenvalue weighted by Crippen LogP contribution is -2.44. The van der Waals surface area contributed by atoms with Crippen molar-refractivity contribution in [1.29, 1.82) is 0 Å². The predicted molar refractivity (Wildman–Crippen MR) is 99.2 cm³/mol. The zero-order valence-corrected chi connectivity index (χ0v) is 13.6. The van der Waals surface area contributed by atoms with E-state index in [4.69, 9.17) is 5.32 Å². The number of rotatable bonds is 3. The van der Waals surface area contributed by atoms with Crippen LogP contribution in [0.15, 0.2) is 91.0 Å². The van der Waals surface area contributed by atoms with Crippen LogP contribution in [0.3, 0.4) is 0 Å². The summed E-state index contributed by atoms with van der Waals surface area (Å²) in [7, 11) is 0. The monoisotopic (exact) mass is 313 g/mol. The fourth-order valence-electron chi connectivity index (χ4n) is 3.39. The van der Waals surface area contributed by atoms with Gasteiger partial charge in [-0.25, -0.2) is 5.32 Å². The lowest BCUT2D eigenvalue weighted by molar-refractivity contribution is 0.375. The van der Waals surface area contributed by atoms with E-state index in [1.165, 1.54) is 16.8 Å². The zero-order chi connectivity index (χ0) is 16.2. The third-order valence-electron chi connectivity index (χ3n) is 4.64. The summed E-state index contributed by atoms with van der Waals surface area (Å²) in [5.41, 5.74) is 3.85. The standard InChI is InChI=1S/C22H21N2/c1-4-10-18(11-5-1)21-16-24(20-14-8-3-9-15-20)17-22(23-21)19-12-6-2-7-13-19/h1-15,21-22H,16-17H2. The highest BCUT2D eigenvalue weighted by Gasteiger charge is 2.29. The molecule has 119 valence electrons. The number of anilines is 1. The molecule has 3 aromatic rings. The highest BCUT2D eigenvalue weighted by atomic mass is 15.2. The summed E-state index contributed by atoms with van der Waals surface area (Å²) in [4.78, 5) is 2.46. The van der Waals surface area contributed by atoms with E-state index in [9.17, 15) is 0 Å². The van der Waals surface area contributed by atoms with Crippen molar-refractivity contribution in [2.45, 2.75) is 12.1 Å². The van der Waals surface area contributed by atoms with Gasteiger partial charge in [0.25, 0.3) is 0 Å². The van der Waals surface area contributed by atoms with Gasteiger partial charge in [-0.15, -0.1) is 0 Å². The molecule has 0 saturated carbocycles. The summed E-state index contributed by atoms with van der Waals surface area (Å²) < 4.78 is 0. The summed E-state index contributed by atoms with van der Waals surface area (Å²) in [6.45, 7) is 1.86. The van der Waals surface area contributed by atoms with Crippen LogP contribution < -0.4 is 10.2 Å². The average molecular weight is 313 g/mol. The van der Waals surface area contributed by atoms with Gasteiger partial charge in [0.05, 0.1) is 12.1 Å². The normalized spacial score (nSPS) is 20.8. The molecule has 1 heterocycles. The Labute approximate surface area is 143 Å². The van der Waals surface area contributed by atoms with Gasteiger partial charge in [-0.3, -0.25) is 0 Å². The molecule has 0 spiro atoms. The molecular weight excluding hydrogens is 292 g/mol. The van der Waals surface area contributed by atoms with Gasteiger partial charge in [-0.2, -0.15) is 0 Å². The molecule has 1 aliphatic rings. The Kier molecular flexibility index (Phi) is 4.30. The van der Waals surface area contributed by atoms with Crippen LogP contribution in [-0.4, -0.2) is 13.1 Å². The minimum absolute atomic E-state index is 0.199. The van der Waals surface area contributed by atoms with Gasteiger partial charge in [0.15, 0.2) is 0 Å². The van der Waals surface area contributed by atoms with Crippen LogP contribution in [0, 0.1) is 0 Å². The Morgan fingerprint density at radius 2 is 1.00 bits per heavy atom. The molecule has 0 N–H and O–H groups in total. The van der Waals surface area contributed by atoms with E-state index in [1.807, 2.05) is 0 Å². The summed E-state index contributed by atoms with van der Waals surface area (Å²) in [5, 5.41) is 5.16. The average Bonchev–Trinajstić information content (AvgIpc) is 2.70. The molecular formula is C22H21N2. The van der Waals surface area contributed by atoms with Crippen LogP contribution in [0.1, 0.15) is 23.2 Å². The van der Waals surface area contributed by atoms with Gasteiger partial charge in [0, 0.05) is 18.8 Å². The summed E-state index contributed by atoms with van der Waals surface area (Å²) in [6, 6.07) is 32.3. The molecule has 3 aromatic carbocycles. The van der Waals surface area contributed by atoms with Gasteiger partial charge < -0.3 is 4.90 Å². The molecule has 2 unspecified atom stereocenters. The first kappa shape index (κ1) is 15.0. The smallest absolute Gasteiger partial charge is 0.0678 e. The fourth-order valence-corrected chi connectivity index (χ4v) is 3.39. The molecule has 0 bridgehead atoms. The summed E-state index contributed by atoms with van der Waals surface area (Å²) in [6.07, 6.45) is 0. The van der Waals surface area contributed by atoms with Crippen molar-refractivity contribution in [2.75, 3.05) is 18.0 Å². The summed E-state index contributed by atoms with van der Waals surface area (Å²) >= 11 is 0. The van der Waals surface area contributed by atoms with Gasteiger partial charge in [0.1, 0.15) is 0 Å². The van der Waals surface area contributed by atoms with Gasteiger partial charge in [-0.1, -0.05) is 78.9 Å². The molecule has 1 saturated heterocycles. The molecule has 0 aliphatic carbocycles. The van der Waals surface area contributed by atoms with E-state index >= 15 is 0 Å². The number of piperazine rings is 1. The van der Waals surface area contributed by atoms with E-state index < -0.39 is 0 Å². The second-order valence-electron chi connectivity index (χ2n) is 6.24. The van der Waals surface area contributed by atoms with Crippen LogP contribution in [0.5, 0.6) is 0 Å². The molecule has 1 aliphatic heterocycles. The van der Waals surface area contributed by atoms with Crippen molar-refractivity contribution >= 4 is 5.69 Å². The minimum atomic E-state index is 0.199. The number of hydrogen-bond acceptors (Lipinski definition) is 1. The number of benzene rings is 3. The zero-order valence-electron chi connectivity index (χ0n) is 13.6. The van der Waals surface area contributed by atoms with Crippen LogP contribution in [-0.2, 0) is 0 Å². The number of hydrogen-bond donors (Lipinski definition) is 0. The highest BCUT2D eigenvalue weighted by molar-refractivity contribution is 5.48. The van der Waals surface area contributed by atoms with Crippen molar-refractivity contribution in [3.05, 3.63) is 102 Å². The highest BCUT2D eigenvalue weighted by Crippen LogP contribution is 2.31. The maximum absolute atomic E-state index is 5.16. The van der Waals surface area contributed by atoms with E-state index in [2.05, 4.69) is 95.9 Å². The van der Waals surface area contributed by atoms with Crippen LogP contribution in [0.25, 0.3) is 0 Å². The van der Waals surface area contributed by atoms with Crippen LogP contribution in [0.2, 0.25) is 0 Å². The topological polar surface area (TPSA) is 17.3 Å². The van der Waals surface area contributed by atoms with Gasteiger partial charge in [0.2, 0.25) is 0 Å².